The van der Waals surface area contributed by atoms with Gasteiger partial charge in [-0.05, 0) is 12.5 Å². The van der Waals surface area contributed by atoms with Gasteiger partial charge < -0.3 is 10.1 Å². The Labute approximate surface area is 93.2 Å². The Bertz CT molecular complexity index is 354. The van der Waals surface area contributed by atoms with Crippen LogP contribution < -0.4 is 10.1 Å². The number of benzene rings is 1. The van der Waals surface area contributed by atoms with Gasteiger partial charge in [0.15, 0.2) is 0 Å². The zero-order valence-corrected chi connectivity index (χ0v) is 9.32. The molecule has 1 heterocycles. The van der Waals surface area contributed by atoms with Gasteiger partial charge in [-0.15, -0.1) is 0 Å². The summed E-state index contributed by atoms with van der Waals surface area (Å²) in [5.41, 5.74) is 0.928. The first-order chi connectivity index (χ1) is 6.70. The molecule has 2 nitrogen and oxygen atoms in total. The van der Waals surface area contributed by atoms with Gasteiger partial charge in [-0.2, -0.15) is 0 Å². The molecule has 0 radical (unpaired) electrons. The Kier molecular flexibility index (Phi) is 2.75. The largest absolute Gasteiger partial charge is 0.489 e. The Morgan fingerprint density at radius 1 is 1.43 bits per heavy atom. The Balaban J connectivity index is 2.33. The Morgan fingerprint density at radius 3 is 2.86 bits per heavy atom. The second-order valence-corrected chi connectivity index (χ2v) is 4.14. The number of anilines is 1. The molecule has 0 spiro atoms. The molecule has 0 aromatic heterocycles. The predicted octanol–water partition coefficient (Wildman–Crippen LogP) is 3.58. The minimum absolute atomic E-state index is 0.361. The summed E-state index contributed by atoms with van der Waals surface area (Å²) in [4.78, 5) is 0. The fourth-order valence-corrected chi connectivity index (χ4v) is 1.75. The lowest BCUT2D eigenvalue weighted by Crippen LogP contribution is -2.30. The van der Waals surface area contributed by atoms with Crippen molar-refractivity contribution in [1.29, 1.82) is 0 Å². The molecular formula is C10H11Cl2NO. The lowest BCUT2D eigenvalue weighted by molar-refractivity contribution is 0.281. The topological polar surface area (TPSA) is 21.3 Å². The third kappa shape index (κ3) is 1.77. The molecule has 1 aromatic rings. The predicted molar refractivity (Wildman–Crippen MR) is 59.7 cm³/mol. The maximum atomic E-state index is 5.91. The lowest BCUT2D eigenvalue weighted by Gasteiger charge is -2.26. The van der Waals surface area contributed by atoms with E-state index < -0.39 is 0 Å². The van der Waals surface area contributed by atoms with Crippen molar-refractivity contribution in [3.8, 4) is 5.75 Å². The highest BCUT2D eigenvalue weighted by Crippen LogP contribution is 2.36. The number of nitrogens with one attached hydrogen (secondary N) is 1. The van der Waals surface area contributed by atoms with Gasteiger partial charge in [-0.25, -0.2) is 0 Å². The van der Waals surface area contributed by atoms with E-state index in [9.17, 15) is 0 Å². The minimum Gasteiger partial charge on any atom is -0.489 e. The molecular weight excluding hydrogens is 221 g/mol. The molecule has 76 valence electrons. The zero-order valence-electron chi connectivity index (χ0n) is 7.81. The van der Waals surface area contributed by atoms with Crippen molar-refractivity contribution in [2.75, 3.05) is 11.9 Å². The van der Waals surface area contributed by atoms with E-state index in [-0.39, 0.29) is 0 Å². The van der Waals surface area contributed by atoms with Crippen molar-refractivity contribution in [2.24, 2.45) is 0 Å². The average Bonchev–Trinajstić information content (AvgIpc) is 2.19. The van der Waals surface area contributed by atoms with Crippen LogP contribution in [0.15, 0.2) is 12.1 Å². The molecule has 0 amide bonds. The van der Waals surface area contributed by atoms with Gasteiger partial charge in [-0.1, -0.05) is 30.1 Å². The first-order valence-electron chi connectivity index (χ1n) is 4.59. The molecule has 1 aromatic carbocycles. The number of hydrogen-bond acceptors (Lipinski definition) is 2. The highest BCUT2D eigenvalue weighted by Gasteiger charge is 2.18. The van der Waals surface area contributed by atoms with E-state index in [2.05, 4.69) is 12.2 Å². The van der Waals surface area contributed by atoms with Crippen LogP contribution in [0.25, 0.3) is 0 Å². The highest BCUT2D eigenvalue weighted by molar-refractivity contribution is 6.42. The normalized spacial score (nSPS) is 19.5. The fraction of sp³-hybridized carbons (Fsp3) is 0.400. The second-order valence-electron chi connectivity index (χ2n) is 3.32. The van der Waals surface area contributed by atoms with Gasteiger partial charge in [0.1, 0.15) is 12.4 Å². The summed E-state index contributed by atoms with van der Waals surface area (Å²) in [6.45, 7) is 2.80. The summed E-state index contributed by atoms with van der Waals surface area (Å²) in [6, 6.07) is 3.92. The molecule has 0 fully saturated rings. The average molecular weight is 232 g/mol. The summed E-state index contributed by atoms with van der Waals surface area (Å²) in [7, 11) is 0. The number of rotatable bonds is 1. The summed E-state index contributed by atoms with van der Waals surface area (Å²) in [5, 5.41) is 4.43. The van der Waals surface area contributed by atoms with E-state index in [1.165, 1.54) is 0 Å². The molecule has 0 bridgehead atoms. The van der Waals surface area contributed by atoms with Gasteiger partial charge >= 0.3 is 0 Å². The maximum absolute atomic E-state index is 5.91. The molecule has 1 aliphatic heterocycles. The number of fused-ring (bicyclic) bond motifs is 1. The molecule has 2 rings (SSSR count). The number of halogens is 2. The van der Waals surface area contributed by atoms with Crippen LogP contribution in [0, 0.1) is 0 Å². The summed E-state index contributed by atoms with van der Waals surface area (Å²) in [6.07, 6.45) is 1.03. The molecule has 4 heteroatoms. The van der Waals surface area contributed by atoms with E-state index >= 15 is 0 Å². The monoisotopic (exact) mass is 231 g/mol. The van der Waals surface area contributed by atoms with Crippen molar-refractivity contribution < 1.29 is 4.74 Å². The maximum Gasteiger partial charge on any atom is 0.144 e. The minimum atomic E-state index is 0.361. The third-order valence-corrected chi connectivity index (χ3v) is 3.04. The van der Waals surface area contributed by atoms with Crippen LogP contribution in [-0.2, 0) is 0 Å². The van der Waals surface area contributed by atoms with Crippen LogP contribution in [0.3, 0.4) is 0 Å². The van der Waals surface area contributed by atoms with E-state index in [1.54, 1.807) is 12.1 Å². The second kappa shape index (κ2) is 3.87. The van der Waals surface area contributed by atoms with Crippen LogP contribution >= 0.6 is 23.2 Å². The highest BCUT2D eigenvalue weighted by atomic mass is 35.5. The number of ether oxygens (including phenoxy) is 1. The van der Waals surface area contributed by atoms with E-state index in [0.717, 1.165) is 17.9 Å². The van der Waals surface area contributed by atoms with Crippen molar-refractivity contribution in [1.82, 2.24) is 0 Å². The van der Waals surface area contributed by atoms with Crippen molar-refractivity contribution >= 4 is 28.9 Å². The molecule has 1 aliphatic rings. The van der Waals surface area contributed by atoms with Crippen LogP contribution in [0.4, 0.5) is 5.69 Å². The quantitative estimate of drug-likeness (QED) is 0.798. The van der Waals surface area contributed by atoms with Gasteiger partial charge in [0.2, 0.25) is 0 Å². The van der Waals surface area contributed by atoms with Gasteiger partial charge in [0, 0.05) is 6.07 Å². The van der Waals surface area contributed by atoms with Crippen LogP contribution in [-0.4, -0.2) is 12.6 Å². The Morgan fingerprint density at radius 2 is 2.14 bits per heavy atom. The number of hydrogen-bond donors (Lipinski definition) is 1. The van der Waals surface area contributed by atoms with Crippen LogP contribution in [0.5, 0.6) is 5.75 Å². The van der Waals surface area contributed by atoms with E-state index in [4.69, 9.17) is 27.9 Å². The van der Waals surface area contributed by atoms with E-state index in [0.29, 0.717) is 22.7 Å². The molecule has 14 heavy (non-hydrogen) atoms. The summed E-state index contributed by atoms with van der Waals surface area (Å²) < 4.78 is 5.56. The zero-order chi connectivity index (χ0) is 10.1. The summed E-state index contributed by atoms with van der Waals surface area (Å²) >= 11 is 11.8. The molecule has 1 atom stereocenters. The first-order valence-corrected chi connectivity index (χ1v) is 5.34. The fourth-order valence-electron chi connectivity index (χ4n) is 1.43. The molecule has 1 N–H and O–H groups in total. The van der Waals surface area contributed by atoms with Crippen LogP contribution in [0.2, 0.25) is 10.0 Å². The van der Waals surface area contributed by atoms with Crippen molar-refractivity contribution in [3.05, 3.63) is 22.2 Å². The lowest BCUT2D eigenvalue weighted by atomic mass is 10.2. The molecule has 0 aliphatic carbocycles. The Hall–Kier alpha value is -0.600. The smallest absolute Gasteiger partial charge is 0.144 e. The van der Waals surface area contributed by atoms with Gasteiger partial charge in [0.05, 0.1) is 21.8 Å². The third-order valence-electron chi connectivity index (χ3n) is 2.31. The van der Waals surface area contributed by atoms with Gasteiger partial charge in [-0.3, -0.25) is 0 Å². The van der Waals surface area contributed by atoms with Crippen molar-refractivity contribution in [3.63, 3.8) is 0 Å². The van der Waals surface area contributed by atoms with E-state index in [1.807, 2.05) is 0 Å². The molecule has 1 unspecified atom stereocenters. The standard InChI is InChI=1S/C10H11Cl2NO/c1-2-6-5-14-10-4-8(12)7(11)3-9(10)13-6/h3-4,6,13H,2,5H2,1H3. The van der Waals surface area contributed by atoms with Gasteiger partial charge in [0.25, 0.3) is 0 Å². The molecule has 0 saturated carbocycles. The first kappa shape index (κ1) is 9.94. The van der Waals surface area contributed by atoms with Crippen molar-refractivity contribution in [2.45, 2.75) is 19.4 Å². The SMILES string of the molecule is CCC1COc2cc(Cl)c(Cl)cc2N1. The molecule has 0 saturated heterocycles. The van der Waals surface area contributed by atoms with Crippen LogP contribution in [0.1, 0.15) is 13.3 Å². The summed E-state index contributed by atoms with van der Waals surface area (Å²) in [5.74, 6) is 0.782.